The summed E-state index contributed by atoms with van der Waals surface area (Å²) in [4.78, 5) is 15.0. The molecule has 0 aromatic heterocycles. The van der Waals surface area contributed by atoms with Crippen LogP contribution >= 0.6 is 0 Å². The molecule has 0 amide bonds. The molecule has 0 radical (unpaired) electrons. The Morgan fingerprint density at radius 2 is 2.00 bits per heavy atom. The molecule has 0 spiro atoms. The van der Waals surface area contributed by atoms with Crippen LogP contribution in [0.5, 0.6) is 0 Å². The molecular formula is C6H13NO2. The summed E-state index contributed by atoms with van der Waals surface area (Å²) in [7, 11) is 1.73. The highest BCUT2D eigenvalue weighted by Crippen LogP contribution is 1.93. The predicted octanol–water partition coefficient (Wildman–Crippen LogP) is 0.805. The van der Waals surface area contributed by atoms with E-state index in [-0.39, 0.29) is 12.0 Å². The standard InChI is InChI=1S/C6H13NO2/c1-5(2)7(4)9-6(3)8/h5H,1-4H3. The Bertz CT molecular complexity index is 101. The third kappa shape index (κ3) is 3.97. The monoisotopic (exact) mass is 131 g/mol. The third-order valence-corrected chi connectivity index (χ3v) is 1.000. The summed E-state index contributed by atoms with van der Waals surface area (Å²) < 4.78 is 0. The van der Waals surface area contributed by atoms with Crippen LogP contribution in [-0.2, 0) is 9.63 Å². The van der Waals surface area contributed by atoms with Crippen molar-refractivity contribution in [2.75, 3.05) is 7.05 Å². The SMILES string of the molecule is CC(=O)ON(C)C(C)C. The lowest BCUT2D eigenvalue weighted by atomic mass is 10.4. The van der Waals surface area contributed by atoms with E-state index >= 15 is 0 Å². The molecule has 0 saturated heterocycles. The highest BCUT2D eigenvalue weighted by molar-refractivity contribution is 5.65. The molecule has 0 rings (SSSR count). The van der Waals surface area contributed by atoms with E-state index in [1.54, 1.807) is 7.05 Å². The molecule has 54 valence electrons. The van der Waals surface area contributed by atoms with E-state index in [0.717, 1.165) is 0 Å². The van der Waals surface area contributed by atoms with Crippen molar-refractivity contribution in [3.8, 4) is 0 Å². The lowest BCUT2D eigenvalue weighted by Gasteiger charge is -2.18. The fourth-order valence-electron chi connectivity index (χ4n) is 0.308. The quantitative estimate of drug-likeness (QED) is 0.519. The van der Waals surface area contributed by atoms with Gasteiger partial charge in [-0.3, -0.25) is 4.79 Å². The van der Waals surface area contributed by atoms with Crippen molar-refractivity contribution in [2.24, 2.45) is 0 Å². The maximum Gasteiger partial charge on any atom is 0.322 e. The number of hydrogen-bond acceptors (Lipinski definition) is 3. The Labute approximate surface area is 55.6 Å². The first-order valence-corrected chi connectivity index (χ1v) is 2.95. The van der Waals surface area contributed by atoms with Crippen molar-refractivity contribution in [1.82, 2.24) is 5.06 Å². The summed E-state index contributed by atoms with van der Waals surface area (Å²) in [6.45, 7) is 5.28. The molecule has 0 aromatic rings. The fraction of sp³-hybridized carbons (Fsp3) is 0.833. The highest BCUT2D eigenvalue weighted by atomic mass is 16.7. The van der Waals surface area contributed by atoms with Crippen LogP contribution in [0.3, 0.4) is 0 Å². The van der Waals surface area contributed by atoms with Crippen molar-refractivity contribution in [3.05, 3.63) is 0 Å². The maximum absolute atomic E-state index is 10.3. The van der Waals surface area contributed by atoms with Crippen molar-refractivity contribution in [2.45, 2.75) is 26.8 Å². The molecule has 0 fully saturated rings. The maximum atomic E-state index is 10.3. The van der Waals surface area contributed by atoms with Crippen LogP contribution < -0.4 is 0 Å². The van der Waals surface area contributed by atoms with E-state index in [2.05, 4.69) is 0 Å². The molecule has 0 aliphatic heterocycles. The number of nitrogens with zero attached hydrogens (tertiary/aromatic N) is 1. The van der Waals surface area contributed by atoms with Gasteiger partial charge in [0, 0.05) is 20.0 Å². The summed E-state index contributed by atoms with van der Waals surface area (Å²) in [6, 6.07) is 0.244. The summed E-state index contributed by atoms with van der Waals surface area (Å²) >= 11 is 0. The molecule has 0 unspecified atom stereocenters. The minimum atomic E-state index is -0.272. The lowest BCUT2D eigenvalue weighted by molar-refractivity contribution is -0.188. The van der Waals surface area contributed by atoms with E-state index in [1.165, 1.54) is 12.0 Å². The normalized spacial score (nSPS) is 10.4. The topological polar surface area (TPSA) is 29.5 Å². The Balaban J connectivity index is 3.50. The Kier molecular flexibility index (Phi) is 3.24. The van der Waals surface area contributed by atoms with Crippen LogP contribution in [0.25, 0.3) is 0 Å². The molecule has 0 N–H and O–H groups in total. The molecule has 3 heteroatoms. The molecule has 0 aliphatic rings. The molecule has 0 heterocycles. The Hall–Kier alpha value is -0.570. The number of hydrogen-bond donors (Lipinski definition) is 0. The van der Waals surface area contributed by atoms with Crippen molar-refractivity contribution < 1.29 is 9.63 Å². The summed E-state index contributed by atoms with van der Waals surface area (Å²) in [6.07, 6.45) is 0. The first-order valence-electron chi connectivity index (χ1n) is 2.95. The summed E-state index contributed by atoms with van der Waals surface area (Å²) in [5.41, 5.74) is 0. The molecular weight excluding hydrogens is 118 g/mol. The second kappa shape index (κ2) is 3.45. The van der Waals surface area contributed by atoms with Gasteiger partial charge in [-0.15, -0.1) is 5.06 Å². The smallest absolute Gasteiger partial charge is 0.322 e. The van der Waals surface area contributed by atoms with Crippen molar-refractivity contribution >= 4 is 5.97 Å². The van der Waals surface area contributed by atoms with Crippen LogP contribution in [0, 0.1) is 0 Å². The summed E-state index contributed by atoms with van der Waals surface area (Å²) in [5, 5.41) is 1.52. The molecule has 0 saturated carbocycles. The molecule has 0 aliphatic carbocycles. The van der Waals surface area contributed by atoms with E-state index < -0.39 is 0 Å². The first-order chi connectivity index (χ1) is 4.04. The van der Waals surface area contributed by atoms with Crippen LogP contribution in [-0.4, -0.2) is 24.1 Å². The van der Waals surface area contributed by atoms with Gasteiger partial charge in [0.15, 0.2) is 0 Å². The number of rotatable bonds is 2. The highest BCUT2D eigenvalue weighted by Gasteiger charge is 2.04. The zero-order chi connectivity index (χ0) is 7.44. The fourth-order valence-corrected chi connectivity index (χ4v) is 0.308. The average Bonchev–Trinajstić information content (AvgIpc) is 1.63. The van der Waals surface area contributed by atoms with Gasteiger partial charge in [0.25, 0.3) is 0 Å². The minimum absolute atomic E-state index is 0.244. The molecule has 0 aromatic carbocycles. The van der Waals surface area contributed by atoms with E-state index in [0.29, 0.717) is 0 Å². The zero-order valence-corrected chi connectivity index (χ0v) is 6.34. The lowest BCUT2D eigenvalue weighted by Crippen LogP contribution is -2.28. The van der Waals surface area contributed by atoms with Crippen molar-refractivity contribution in [3.63, 3.8) is 0 Å². The van der Waals surface area contributed by atoms with Crippen LogP contribution in [0.2, 0.25) is 0 Å². The van der Waals surface area contributed by atoms with Gasteiger partial charge in [-0.05, 0) is 13.8 Å². The molecule has 0 bridgehead atoms. The second-order valence-electron chi connectivity index (χ2n) is 2.22. The van der Waals surface area contributed by atoms with Gasteiger partial charge in [0.05, 0.1) is 0 Å². The molecule has 9 heavy (non-hydrogen) atoms. The average molecular weight is 131 g/mol. The van der Waals surface area contributed by atoms with E-state index in [4.69, 9.17) is 4.84 Å². The Morgan fingerprint density at radius 1 is 1.56 bits per heavy atom. The van der Waals surface area contributed by atoms with Gasteiger partial charge >= 0.3 is 5.97 Å². The van der Waals surface area contributed by atoms with Gasteiger partial charge in [0.1, 0.15) is 0 Å². The second-order valence-corrected chi connectivity index (χ2v) is 2.22. The largest absolute Gasteiger partial charge is 0.368 e. The number of carbonyl (C=O) groups excluding carboxylic acids is 1. The van der Waals surface area contributed by atoms with Crippen LogP contribution in [0.4, 0.5) is 0 Å². The molecule has 0 atom stereocenters. The van der Waals surface area contributed by atoms with Gasteiger partial charge in [-0.25, -0.2) is 0 Å². The number of carbonyl (C=O) groups is 1. The number of hydroxylamine groups is 2. The van der Waals surface area contributed by atoms with Gasteiger partial charge in [0.2, 0.25) is 0 Å². The van der Waals surface area contributed by atoms with Gasteiger partial charge < -0.3 is 4.84 Å². The van der Waals surface area contributed by atoms with Crippen molar-refractivity contribution in [1.29, 1.82) is 0 Å². The molecule has 3 nitrogen and oxygen atoms in total. The van der Waals surface area contributed by atoms with E-state index in [1.807, 2.05) is 13.8 Å². The van der Waals surface area contributed by atoms with E-state index in [9.17, 15) is 4.79 Å². The minimum Gasteiger partial charge on any atom is -0.368 e. The first kappa shape index (κ1) is 8.43. The zero-order valence-electron chi connectivity index (χ0n) is 6.34. The van der Waals surface area contributed by atoms with Crippen LogP contribution in [0.15, 0.2) is 0 Å². The Morgan fingerprint density at radius 3 is 2.11 bits per heavy atom. The van der Waals surface area contributed by atoms with Gasteiger partial charge in [-0.2, -0.15) is 0 Å². The van der Waals surface area contributed by atoms with Gasteiger partial charge in [-0.1, -0.05) is 0 Å². The predicted molar refractivity (Wildman–Crippen MR) is 34.7 cm³/mol. The van der Waals surface area contributed by atoms with Crippen LogP contribution in [0.1, 0.15) is 20.8 Å². The third-order valence-electron chi connectivity index (χ3n) is 1.000. The summed E-state index contributed by atoms with van der Waals surface area (Å²) in [5.74, 6) is -0.272.